The Kier molecular flexibility index (Phi) is 5.72. The van der Waals surface area contributed by atoms with Crippen molar-refractivity contribution in [3.63, 3.8) is 0 Å². The van der Waals surface area contributed by atoms with E-state index >= 15 is 0 Å². The Balaban J connectivity index is 2.14. The van der Waals surface area contributed by atoms with E-state index in [1.807, 2.05) is 0 Å². The number of hydrogen-bond donors (Lipinski definition) is 0. The van der Waals surface area contributed by atoms with E-state index < -0.39 is 0 Å². The van der Waals surface area contributed by atoms with Crippen molar-refractivity contribution in [3.05, 3.63) is 27.7 Å². The lowest BCUT2D eigenvalue weighted by atomic mass is 9.94. The fraction of sp³-hybridized carbons (Fsp3) is 0.600. The van der Waals surface area contributed by atoms with Gasteiger partial charge >= 0.3 is 0 Å². The highest BCUT2D eigenvalue weighted by atomic mass is 79.9. The Morgan fingerprint density at radius 1 is 1.26 bits per heavy atom. The molecule has 19 heavy (non-hydrogen) atoms. The summed E-state index contributed by atoms with van der Waals surface area (Å²) in [7, 11) is 1.79. The van der Waals surface area contributed by atoms with Crippen LogP contribution in [0.3, 0.4) is 0 Å². The minimum absolute atomic E-state index is 0.274. The topological polar surface area (TPSA) is 18.5 Å². The van der Waals surface area contributed by atoms with Crippen LogP contribution in [0.25, 0.3) is 0 Å². The largest absolute Gasteiger partial charge is 0.490 e. The SMILES string of the molecule is COC1CCCC(Oc2c(C)cc(Br)cc2CBr)C1. The van der Waals surface area contributed by atoms with Gasteiger partial charge in [-0.25, -0.2) is 0 Å². The number of benzene rings is 1. The van der Waals surface area contributed by atoms with Crippen LogP contribution in [0.5, 0.6) is 5.75 Å². The average Bonchev–Trinajstić information content (AvgIpc) is 2.41. The highest BCUT2D eigenvalue weighted by Crippen LogP contribution is 2.33. The molecular formula is C15H20Br2O2. The second-order valence-corrected chi connectivity index (χ2v) is 6.59. The Hall–Kier alpha value is -0.0600. The lowest BCUT2D eigenvalue weighted by Gasteiger charge is -2.30. The van der Waals surface area contributed by atoms with Gasteiger partial charge in [-0.3, -0.25) is 0 Å². The summed E-state index contributed by atoms with van der Waals surface area (Å²) < 4.78 is 12.8. The molecule has 1 saturated carbocycles. The minimum atomic E-state index is 0.274. The molecule has 1 aromatic carbocycles. The van der Waals surface area contributed by atoms with Crippen LogP contribution in [-0.2, 0) is 10.1 Å². The van der Waals surface area contributed by atoms with E-state index in [1.54, 1.807) is 7.11 Å². The molecule has 1 aliphatic rings. The molecule has 2 atom stereocenters. The second kappa shape index (κ2) is 7.09. The normalized spacial score (nSPS) is 23.4. The third-order valence-corrected chi connectivity index (χ3v) is 4.72. The first-order valence-corrected chi connectivity index (χ1v) is 8.60. The van der Waals surface area contributed by atoms with Crippen LogP contribution in [0.15, 0.2) is 16.6 Å². The molecule has 0 saturated heterocycles. The molecule has 2 unspecified atom stereocenters. The number of rotatable bonds is 4. The first-order chi connectivity index (χ1) is 9.13. The van der Waals surface area contributed by atoms with E-state index in [-0.39, 0.29) is 6.10 Å². The number of ether oxygens (including phenoxy) is 2. The molecule has 1 aliphatic carbocycles. The molecule has 1 fully saturated rings. The van der Waals surface area contributed by atoms with Crippen LogP contribution < -0.4 is 4.74 Å². The molecule has 0 amide bonds. The maximum atomic E-state index is 6.26. The zero-order valence-corrected chi connectivity index (χ0v) is 14.6. The summed E-state index contributed by atoms with van der Waals surface area (Å²) in [6.45, 7) is 2.10. The lowest BCUT2D eigenvalue weighted by Crippen LogP contribution is -2.29. The van der Waals surface area contributed by atoms with Crippen molar-refractivity contribution in [3.8, 4) is 5.75 Å². The van der Waals surface area contributed by atoms with E-state index in [0.29, 0.717) is 6.10 Å². The molecule has 0 heterocycles. The Labute approximate surface area is 132 Å². The lowest BCUT2D eigenvalue weighted by molar-refractivity contribution is 0.0205. The smallest absolute Gasteiger partial charge is 0.126 e. The number of methoxy groups -OCH3 is 1. The van der Waals surface area contributed by atoms with Crippen molar-refractivity contribution >= 4 is 31.9 Å². The molecule has 2 nitrogen and oxygen atoms in total. The predicted molar refractivity (Wildman–Crippen MR) is 85.2 cm³/mol. The van der Waals surface area contributed by atoms with Gasteiger partial charge in [0.15, 0.2) is 0 Å². The van der Waals surface area contributed by atoms with Crippen molar-refractivity contribution in [2.24, 2.45) is 0 Å². The summed E-state index contributed by atoms with van der Waals surface area (Å²) in [6, 6.07) is 4.23. The van der Waals surface area contributed by atoms with Crippen LogP contribution in [0, 0.1) is 6.92 Å². The molecular weight excluding hydrogens is 372 g/mol. The summed E-state index contributed by atoms with van der Waals surface area (Å²) >= 11 is 7.08. The maximum Gasteiger partial charge on any atom is 0.126 e. The Morgan fingerprint density at radius 2 is 2.00 bits per heavy atom. The van der Waals surface area contributed by atoms with Crippen LogP contribution >= 0.6 is 31.9 Å². The van der Waals surface area contributed by atoms with Crippen LogP contribution in [0.4, 0.5) is 0 Å². The van der Waals surface area contributed by atoms with Gasteiger partial charge in [-0.2, -0.15) is 0 Å². The molecule has 2 rings (SSSR count). The average molecular weight is 392 g/mol. The van der Waals surface area contributed by atoms with Crippen molar-refractivity contribution in [1.82, 2.24) is 0 Å². The van der Waals surface area contributed by atoms with Gasteiger partial charge in [0.1, 0.15) is 11.9 Å². The molecule has 1 aromatic rings. The van der Waals surface area contributed by atoms with Gasteiger partial charge in [0.25, 0.3) is 0 Å². The fourth-order valence-electron chi connectivity index (χ4n) is 2.66. The molecule has 106 valence electrons. The van der Waals surface area contributed by atoms with Crippen LogP contribution in [0.2, 0.25) is 0 Å². The van der Waals surface area contributed by atoms with Gasteiger partial charge in [-0.15, -0.1) is 0 Å². The van der Waals surface area contributed by atoms with E-state index in [4.69, 9.17) is 9.47 Å². The van der Waals surface area contributed by atoms with Gasteiger partial charge in [-0.1, -0.05) is 31.9 Å². The Morgan fingerprint density at radius 3 is 2.68 bits per heavy atom. The van der Waals surface area contributed by atoms with Crippen molar-refractivity contribution in [2.45, 2.75) is 50.1 Å². The molecule has 0 aliphatic heterocycles. The number of aryl methyl sites for hydroxylation is 1. The van der Waals surface area contributed by atoms with E-state index in [0.717, 1.165) is 34.8 Å². The van der Waals surface area contributed by atoms with Crippen molar-refractivity contribution < 1.29 is 9.47 Å². The highest BCUT2D eigenvalue weighted by Gasteiger charge is 2.24. The van der Waals surface area contributed by atoms with Gasteiger partial charge in [-0.05, 0) is 43.9 Å². The number of halogens is 2. The fourth-order valence-corrected chi connectivity index (χ4v) is 3.69. The first kappa shape index (κ1) is 15.3. The molecule has 0 spiro atoms. The standard InChI is InChI=1S/C15H20Br2O2/c1-10-6-12(17)7-11(9-16)15(10)19-14-5-3-4-13(8-14)18-2/h6-7,13-14H,3-5,8-9H2,1-2H3. The molecule has 0 bridgehead atoms. The van der Waals surface area contributed by atoms with Crippen LogP contribution in [-0.4, -0.2) is 19.3 Å². The van der Waals surface area contributed by atoms with E-state index in [1.165, 1.54) is 17.5 Å². The summed E-state index contributed by atoms with van der Waals surface area (Å²) in [5.74, 6) is 1.03. The zero-order chi connectivity index (χ0) is 13.8. The molecule has 0 aromatic heterocycles. The maximum absolute atomic E-state index is 6.26. The third-order valence-electron chi connectivity index (χ3n) is 3.66. The van der Waals surface area contributed by atoms with Crippen molar-refractivity contribution in [2.75, 3.05) is 7.11 Å². The molecule has 0 radical (unpaired) electrons. The summed E-state index contributed by atoms with van der Waals surface area (Å²) in [5, 5.41) is 0.809. The molecule has 4 heteroatoms. The summed E-state index contributed by atoms with van der Waals surface area (Å²) in [6.07, 6.45) is 5.08. The number of alkyl halides is 1. The van der Waals surface area contributed by atoms with Gasteiger partial charge in [0, 0.05) is 28.9 Å². The van der Waals surface area contributed by atoms with E-state index in [9.17, 15) is 0 Å². The summed E-state index contributed by atoms with van der Waals surface area (Å²) in [4.78, 5) is 0. The molecule has 0 N–H and O–H groups in total. The quantitative estimate of drug-likeness (QED) is 0.673. The minimum Gasteiger partial charge on any atom is -0.490 e. The van der Waals surface area contributed by atoms with Crippen molar-refractivity contribution in [1.29, 1.82) is 0 Å². The first-order valence-electron chi connectivity index (χ1n) is 6.68. The monoisotopic (exact) mass is 390 g/mol. The second-order valence-electron chi connectivity index (χ2n) is 5.11. The van der Waals surface area contributed by atoms with Gasteiger partial charge < -0.3 is 9.47 Å². The zero-order valence-electron chi connectivity index (χ0n) is 11.4. The Bertz CT molecular complexity index is 434. The number of hydrogen-bond acceptors (Lipinski definition) is 2. The van der Waals surface area contributed by atoms with Crippen LogP contribution in [0.1, 0.15) is 36.8 Å². The predicted octanol–water partition coefficient (Wildman–Crippen LogP) is 4.99. The highest BCUT2D eigenvalue weighted by molar-refractivity contribution is 9.10. The van der Waals surface area contributed by atoms with Gasteiger partial charge in [0.2, 0.25) is 0 Å². The summed E-state index contributed by atoms with van der Waals surface area (Å²) in [5.41, 5.74) is 2.38. The van der Waals surface area contributed by atoms with Gasteiger partial charge in [0.05, 0.1) is 6.10 Å². The third kappa shape index (κ3) is 3.96. The van der Waals surface area contributed by atoms with E-state index in [2.05, 4.69) is 50.9 Å².